The van der Waals surface area contributed by atoms with Gasteiger partial charge in [0.25, 0.3) is 0 Å². The fraction of sp³-hybridized carbons (Fsp3) is 0.500. The molecule has 0 aliphatic carbocycles. The minimum atomic E-state index is -0.577. The van der Waals surface area contributed by atoms with E-state index >= 15 is 0 Å². The summed E-state index contributed by atoms with van der Waals surface area (Å²) in [5.74, 6) is 0.0952. The van der Waals surface area contributed by atoms with Crippen molar-refractivity contribution in [3.8, 4) is 0 Å². The van der Waals surface area contributed by atoms with E-state index in [0.29, 0.717) is 13.2 Å². The van der Waals surface area contributed by atoms with Crippen LogP contribution in [0.2, 0.25) is 0 Å². The molecule has 2 atom stereocenters. The molecule has 1 aliphatic rings. The third-order valence-electron chi connectivity index (χ3n) is 3.63. The largest absolute Gasteiger partial charge is 0.379 e. The number of hydrogen-bond donors (Lipinski definition) is 1. The van der Waals surface area contributed by atoms with E-state index < -0.39 is 5.41 Å². The molecule has 0 amide bonds. The zero-order valence-corrected chi connectivity index (χ0v) is 10.4. The predicted octanol–water partition coefficient (Wildman–Crippen LogP) is 1.80. The zero-order valence-electron chi connectivity index (χ0n) is 10.4. The smallest absolute Gasteiger partial charge is 0.172 e. The highest BCUT2D eigenvalue weighted by molar-refractivity contribution is 6.01. The van der Waals surface area contributed by atoms with Gasteiger partial charge in [0.1, 0.15) is 0 Å². The van der Waals surface area contributed by atoms with Crippen molar-refractivity contribution in [3.63, 3.8) is 0 Å². The van der Waals surface area contributed by atoms with Crippen molar-refractivity contribution in [1.82, 2.24) is 0 Å². The van der Waals surface area contributed by atoms with E-state index in [1.807, 2.05) is 31.2 Å². The summed E-state index contributed by atoms with van der Waals surface area (Å²) in [6, 6.07) is 7.57. The van der Waals surface area contributed by atoms with Crippen LogP contribution in [0.1, 0.15) is 29.8 Å². The fourth-order valence-corrected chi connectivity index (χ4v) is 2.19. The lowest BCUT2D eigenvalue weighted by Gasteiger charge is -2.25. The normalized spacial score (nSPS) is 28.3. The van der Waals surface area contributed by atoms with Crippen LogP contribution in [0.4, 0.5) is 0 Å². The second kappa shape index (κ2) is 4.59. The molecule has 2 N–H and O–H groups in total. The molecule has 0 aromatic heterocycles. The molecule has 1 saturated heterocycles. The second-order valence-electron chi connectivity index (χ2n) is 4.92. The second-order valence-corrected chi connectivity index (χ2v) is 4.92. The van der Waals surface area contributed by atoms with Gasteiger partial charge in [0.05, 0.1) is 18.6 Å². The van der Waals surface area contributed by atoms with Crippen LogP contribution in [0.5, 0.6) is 0 Å². The molecule has 17 heavy (non-hydrogen) atoms. The van der Waals surface area contributed by atoms with Crippen LogP contribution in [0, 0.1) is 5.41 Å². The molecule has 1 aliphatic heterocycles. The quantitative estimate of drug-likeness (QED) is 0.810. The third-order valence-corrected chi connectivity index (χ3v) is 3.63. The van der Waals surface area contributed by atoms with E-state index in [1.54, 1.807) is 0 Å². The highest BCUT2D eigenvalue weighted by Crippen LogP contribution is 2.31. The summed E-state index contributed by atoms with van der Waals surface area (Å²) in [5.41, 5.74) is 7.32. The number of benzene rings is 1. The summed E-state index contributed by atoms with van der Waals surface area (Å²) in [5, 5.41) is 0. The van der Waals surface area contributed by atoms with E-state index in [1.165, 1.54) is 5.56 Å². The van der Waals surface area contributed by atoms with Crippen LogP contribution in [0.3, 0.4) is 0 Å². The van der Waals surface area contributed by atoms with Gasteiger partial charge in [0, 0.05) is 11.6 Å². The Hall–Kier alpha value is -1.19. The lowest BCUT2D eigenvalue weighted by atomic mass is 9.78. The topological polar surface area (TPSA) is 52.3 Å². The van der Waals surface area contributed by atoms with E-state index in [2.05, 4.69) is 6.92 Å². The monoisotopic (exact) mass is 233 g/mol. The summed E-state index contributed by atoms with van der Waals surface area (Å²) < 4.78 is 5.33. The summed E-state index contributed by atoms with van der Waals surface area (Å²) >= 11 is 0. The molecular weight excluding hydrogens is 214 g/mol. The molecule has 92 valence electrons. The van der Waals surface area contributed by atoms with Crippen molar-refractivity contribution in [3.05, 3.63) is 35.4 Å². The molecule has 3 heteroatoms. The lowest BCUT2D eigenvalue weighted by Crippen LogP contribution is -2.44. The third kappa shape index (κ3) is 2.13. The molecule has 2 unspecified atom stereocenters. The minimum Gasteiger partial charge on any atom is -0.379 e. The van der Waals surface area contributed by atoms with Crippen LogP contribution in [-0.2, 0) is 11.2 Å². The van der Waals surface area contributed by atoms with Crippen molar-refractivity contribution in [2.45, 2.75) is 26.3 Å². The number of ether oxygens (including phenoxy) is 1. The maximum atomic E-state index is 12.5. The van der Waals surface area contributed by atoms with Gasteiger partial charge < -0.3 is 10.5 Å². The minimum absolute atomic E-state index is 0.0952. The number of rotatable bonds is 3. The number of ketones is 1. The van der Waals surface area contributed by atoms with Gasteiger partial charge in [0.2, 0.25) is 0 Å². The summed E-state index contributed by atoms with van der Waals surface area (Å²) in [4.78, 5) is 12.5. The van der Waals surface area contributed by atoms with Crippen molar-refractivity contribution in [2.75, 3.05) is 13.2 Å². The van der Waals surface area contributed by atoms with Crippen LogP contribution in [0.15, 0.2) is 24.3 Å². The number of hydrogen-bond acceptors (Lipinski definition) is 3. The van der Waals surface area contributed by atoms with Gasteiger partial charge >= 0.3 is 0 Å². The fourth-order valence-electron chi connectivity index (χ4n) is 2.19. The highest BCUT2D eigenvalue weighted by atomic mass is 16.5. The molecule has 0 spiro atoms. The van der Waals surface area contributed by atoms with Crippen molar-refractivity contribution < 1.29 is 9.53 Å². The van der Waals surface area contributed by atoms with Gasteiger partial charge in [-0.15, -0.1) is 0 Å². The molecule has 0 saturated carbocycles. The molecule has 1 aromatic rings. The number of carbonyl (C=O) groups excluding carboxylic acids is 1. The Morgan fingerprint density at radius 1 is 1.59 bits per heavy atom. The molecular formula is C14H19NO2. The van der Waals surface area contributed by atoms with Crippen LogP contribution in [-0.4, -0.2) is 25.0 Å². The number of aryl methyl sites for hydroxylation is 1. The van der Waals surface area contributed by atoms with Gasteiger partial charge in [-0.3, -0.25) is 4.79 Å². The Balaban J connectivity index is 2.30. The first-order valence-electron chi connectivity index (χ1n) is 6.05. The molecule has 3 nitrogen and oxygen atoms in total. The van der Waals surface area contributed by atoms with E-state index in [9.17, 15) is 4.79 Å². The summed E-state index contributed by atoms with van der Waals surface area (Å²) in [6.07, 6.45) is 0.931. The van der Waals surface area contributed by atoms with E-state index in [0.717, 1.165) is 12.0 Å². The number of nitrogens with two attached hydrogens (primary N) is 1. The molecule has 1 aromatic carbocycles. The molecule has 1 heterocycles. The zero-order chi connectivity index (χ0) is 12.5. The van der Waals surface area contributed by atoms with Crippen LogP contribution < -0.4 is 5.73 Å². The van der Waals surface area contributed by atoms with E-state index in [4.69, 9.17) is 10.5 Å². The van der Waals surface area contributed by atoms with E-state index in [-0.39, 0.29) is 11.8 Å². The summed E-state index contributed by atoms with van der Waals surface area (Å²) in [6.45, 7) is 4.86. The van der Waals surface area contributed by atoms with Crippen molar-refractivity contribution in [2.24, 2.45) is 11.1 Å². The Kier molecular flexibility index (Phi) is 3.31. The van der Waals surface area contributed by atoms with Crippen molar-refractivity contribution in [1.29, 1.82) is 0 Å². The van der Waals surface area contributed by atoms with Crippen LogP contribution in [0.25, 0.3) is 0 Å². The Bertz CT molecular complexity index is 430. The van der Waals surface area contributed by atoms with Crippen molar-refractivity contribution >= 4 is 5.78 Å². The lowest BCUT2D eigenvalue weighted by molar-refractivity contribution is 0.0767. The Labute approximate surface area is 102 Å². The Morgan fingerprint density at radius 3 is 2.94 bits per heavy atom. The van der Waals surface area contributed by atoms with Gasteiger partial charge in [0.15, 0.2) is 5.78 Å². The maximum absolute atomic E-state index is 12.5. The Morgan fingerprint density at radius 2 is 2.35 bits per heavy atom. The van der Waals surface area contributed by atoms with Gasteiger partial charge in [-0.05, 0) is 25.0 Å². The molecule has 1 fully saturated rings. The first-order chi connectivity index (χ1) is 8.08. The molecule has 2 rings (SSSR count). The number of carbonyl (C=O) groups is 1. The first kappa shape index (κ1) is 12.3. The first-order valence-corrected chi connectivity index (χ1v) is 6.05. The van der Waals surface area contributed by atoms with Crippen LogP contribution >= 0.6 is 0 Å². The standard InChI is InChI=1S/C14H19NO2/c1-3-10-5-4-6-11(7-10)13(16)14(2)9-17-8-12(14)15/h4-7,12H,3,8-9,15H2,1-2H3. The highest BCUT2D eigenvalue weighted by Gasteiger charge is 2.44. The maximum Gasteiger partial charge on any atom is 0.172 e. The average Bonchev–Trinajstić information content (AvgIpc) is 2.70. The van der Waals surface area contributed by atoms with Gasteiger partial charge in [-0.2, -0.15) is 0 Å². The molecule has 0 bridgehead atoms. The van der Waals surface area contributed by atoms with Gasteiger partial charge in [-0.1, -0.05) is 25.1 Å². The molecule has 0 radical (unpaired) electrons. The summed E-state index contributed by atoms with van der Waals surface area (Å²) in [7, 11) is 0. The van der Waals surface area contributed by atoms with Gasteiger partial charge in [-0.25, -0.2) is 0 Å². The number of Topliss-reactive ketones (excluding diaryl/α,β-unsaturated/α-hetero) is 1. The average molecular weight is 233 g/mol. The SMILES string of the molecule is CCc1cccc(C(=O)C2(C)COCC2N)c1. The predicted molar refractivity (Wildman–Crippen MR) is 67.1 cm³/mol.